The van der Waals surface area contributed by atoms with Crippen LogP contribution in [0.25, 0.3) is 16.8 Å². The zero-order valence-corrected chi connectivity index (χ0v) is 11.5. The number of aromatic carboxylic acids is 1. The molecule has 2 heterocycles. The van der Waals surface area contributed by atoms with Gasteiger partial charge in [-0.3, -0.25) is 0 Å². The van der Waals surface area contributed by atoms with Gasteiger partial charge in [-0.1, -0.05) is 30.3 Å². The molecule has 1 aromatic carbocycles. The predicted molar refractivity (Wildman–Crippen MR) is 80.7 cm³/mol. The predicted octanol–water partition coefficient (Wildman–Crippen LogP) is 3.11. The van der Waals surface area contributed by atoms with Crippen LogP contribution >= 0.6 is 0 Å². The summed E-state index contributed by atoms with van der Waals surface area (Å²) in [7, 11) is 0. The van der Waals surface area contributed by atoms with Gasteiger partial charge in [-0.05, 0) is 17.7 Å². The molecular weight excluding hydrogens is 278 g/mol. The fourth-order valence-corrected chi connectivity index (χ4v) is 2.24. The van der Waals surface area contributed by atoms with Crippen molar-refractivity contribution in [3.8, 4) is 22.9 Å². The van der Waals surface area contributed by atoms with Crippen LogP contribution in [0.5, 0.6) is 0 Å². The second kappa shape index (κ2) is 5.54. The minimum absolute atomic E-state index is 0.0361. The van der Waals surface area contributed by atoms with Crippen molar-refractivity contribution in [3.05, 3.63) is 72.3 Å². The second-order valence-electron chi connectivity index (χ2n) is 4.68. The molecule has 0 fully saturated rings. The van der Waals surface area contributed by atoms with Crippen LogP contribution in [0.1, 0.15) is 16.1 Å². The molecule has 2 aromatic heterocycles. The summed E-state index contributed by atoms with van der Waals surface area (Å²) in [6, 6.07) is 14.9. The molecule has 0 radical (unpaired) electrons. The third-order valence-electron chi connectivity index (χ3n) is 3.29. The maximum absolute atomic E-state index is 11.0. The normalized spacial score (nSPS) is 10.1. The van der Waals surface area contributed by atoms with Crippen LogP contribution in [0.2, 0.25) is 0 Å². The third-order valence-corrected chi connectivity index (χ3v) is 3.29. The summed E-state index contributed by atoms with van der Waals surface area (Å²) >= 11 is 0. The van der Waals surface area contributed by atoms with Gasteiger partial charge in [0.2, 0.25) is 0 Å². The van der Waals surface area contributed by atoms with Crippen LogP contribution in [0, 0.1) is 11.3 Å². The van der Waals surface area contributed by atoms with Gasteiger partial charge in [0.05, 0.1) is 5.56 Å². The summed E-state index contributed by atoms with van der Waals surface area (Å²) in [6.07, 6.45) is 4.94. The number of nitriles is 1. The Labute approximate surface area is 126 Å². The number of nitrogens with zero attached hydrogens (tertiary/aromatic N) is 3. The minimum Gasteiger partial charge on any atom is -0.477 e. The summed E-state index contributed by atoms with van der Waals surface area (Å²) in [6.45, 7) is 0. The monoisotopic (exact) mass is 289 g/mol. The van der Waals surface area contributed by atoms with Crippen molar-refractivity contribution >= 4 is 5.97 Å². The molecule has 0 saturated heterocycles. The van der Waals surface area contributed by atoms with E-state index in [-0.39, 0.29) is 5.69 Å². The van der Waals surface area contributed by atoms with E-state index < -0.39 is 5.97 Å². The Morgan fingerprint density at radius 3 is 2.64 bits per heavy atom. The van der Waals surface area contributed by atoms with Crippen molar-refractivity contribution in [1.29, 1.82) is 5.26 Å². The lowest BCUT2D eigenvalue weighted by atomic mass is 10.1. The van der Waals surface area contributed by atoms with Gasteiger partial charge >= 0.3 is 5.97 Å². The van der Waals surface area contributed by atoms with Crippen LogP contribution in [-0.2, 0) is 0 Å². The fraction of sp³-hybridized carbons (Fsp3) is 0. The van der Waals surface area contributed by atoms with Crippen LogP contribution in [-0.4, -0.2) is 20.6 Å². The Balaban J connectivity index is 2.11. The van der Waals surface area contributed by atoms with Crippen molar-refractivity contribution in [1.82, 2.24) is 9.55 Å². The molecule has 5 heteroatoms. The number of hydrogen-bond acceptors (Lipinski definition) is 3. The quantitative estimate of drug-likeness (QED) is 0.803. The Kier molecular flexibility index (Phi) is 3.42. The Morgan fingerprint density at radius 1 is 1.18 bits per heavy atom. The van der Waals surface area contributed by atoms with E-state index in [0.29, 0.717) is 11.3 Å². The summed E-state index contributed by atoms with van der Waals surface area (Å²) < 4.78 is 1.73. The zero-order chi connectivity index (χ0) is 15.5. The van der Waals surface area contributed by atoms with E-state index in [1.54, 1.807) is 16.8 Å². The van der Waals surface area contributed by atoms with Gasteiger partial charge in [0.25, 0.3) is 0 Å². The first-order valence-electron chi connectivity index (χ1n) is 6.56. The molecule has 22 heavy (non-hydrogen) atoms. The lowest BCUT2D eigenvalue weighted by molar-refractivity contribution is 0.0690. The summed E-state index contributed by atoms with van der Waals surface area (Å²) in [4.78, 5) is 14.8. The smallest absolute Gasteiger partial charge is 0.354 e. The van der Waals surface area contributed by atoms with Gasteiger partial charge in [-0.2, -0.15) is 5.26 Å². The summed E-state index contributed by atoms with van der Waals surface area (Å²) in [5, 5.41) is 18.3. The van der Waals surface area contributed by atoms with Crippen LogP contribution < -0.4 is 0 Å². The van der Waals surface area contributed by atoms with Gasteiger partial charge in [-0.25, -0.2) is 9.78 Å². The fourth-order valence-electron chi connectivity index (χ4n) is 2.24. The van der Waals surface area contributed by atoms with Gasteiger partial charge in [-0.15, -0.1) is 0 Å². The lowest BCUT2D eigenvalue weighted by Gasteiger charge is -2.03. The largest absolute Gasteiger partial charge is 0.477 e. The Bertz CT molecular complexity index is 876. The number of carboxylic acids is 1. The van der Waals surface area contributed by atoms with E-state index in [2.05, 4.69) is 11.1 Å². The standard InChI is InChI=1S/C17H11N3O2/c18-9-13-10-20(11-15(13)12-4-2-1-3-5-12)14-6-7-19-16(8-14)17(21)22/h1-8,10-11H,(H,21,22). The first-order valence-corrected chi connectivity index (χ1v) is 6.56. The van der Waals surface area contributed by atoms with E-state index in [4.69, 9.17) is 5.11 Å². The summed E-state index contributed by atoms with van der Waals surface area (Å²) in [5.41, 5.74) is 2.87. The Hall–Kier alpha value is -3.39. The minimum atomic E-state index is -1.09. The van der Waals surface area contributed by atoms with Gasteiger partial charge in [0.15, 0.2) is 0 Å². The van der Waals surface area contributed by atoms with Crippen LogP contribution in [0.4, 0.5) is 0 Å². The highest BCUT2D eigenvalue weighted by Crippen LogP contribution is 2.26. The van der Waals surface area contributed by atoms with Crippen molar-refractivity contribution in [2.75, 3.05) is 0 Å². The number of carbonyl (C=O) groups is 1. The van der Waals surface area contributed by atoms with Gasteiger partial charge in [0.1, 0.15) is 11.8 Å². The average molecular weight is 289 g/mol. The van der Waals surface area contributed by atoms with Crippen molar-refractivity contribution < 1.29 is 9.90 Å². The molecule has 0 atom stereocenters. The molecule has 0 unspecified atom stereocenters. The molecule has 5 nitrogen and oxygen atoms in total. The first kappa shape index (κ1) is 13.6. The number of carboxylic acid groups (broad SMARTS) is 1. The molecule has 0 saturated carbocycles. The highest BCUT2D eigenvalue weighted by atomic mass is 16.4. The van der Waals surface area contributed by atoms with Crippen molar-refractivity contribution in [3.63, 3.8) is 0 Å². The number of rotatable bonds is 3. The molecule has 3 aromatic rings. The topological polar surface area (TPSA) is 78.9 Å². The zero-order valence-electron chi connectivity index (χ0n) is 11.5. The average Bonchev–Trinajstić information content (AvgIpc) is 3.00. The number of benzene rings is 1. The molecule has 0 amide bonds. The number of pyridine rings is 1. The van der Waals surface area contributed by atoms with E-state index in [9.17, 15) is 10.1 Å². The van der Waals surface area contributed by atoms with E-state index >= 15 is 0 Å². The Morgan fingerprint density at radius 2 is 1.95 bits per heavy atom. The summed E-state index contributed by atoms with van der Waals surface area (Å²) in [5.74, 6) is -1.09. The molecule has 1 N–H and O–H groups in total. The van der Waals surface area contributed by atoms with E-state index in [1.165, 1.54) is 12.3 Å². The lowest BCUT2D eigenvalue weighted by Crippen LogP contribution is -2.01. The van der Waals surface area contributed by atoms with Crippen molar-refractivity contribution in [2.45, 2.75) is 0 Å². The van der Waals surface area contributed by atoms with Gasteiger partial charge in [0, 0.05) is 29.8 Å². The molecule has 3 rings (SSSR count). The number of hydrogen-bond donors (Lipinski definition) is 1. The van der Waals surface area contributed by atoms with E-state index in [1.807, 2.05) is 36.5 Å². The molecule has 106 valence electrons. The molecule has 0 aliphatic rings. The van der Waals surface area contributed by atoms with E-state index in [0.717, 1.165) is 11.1 Å². The molecule has 0 aliphatic carbocycles. The highest BCUT2D eigenvalue weighted by molar-refractivity contribution is 5.86. The molecule has 0 aliphatic heterocycles. The van der Waals surface area contributed by atoms with Crippen LogP contribution in [0.3, 0.4) is 0 Å². The second-order valence-corrected chi connectivity index (χ2v) is 4.68. The number of aromatic nitrogens is 2. The maximum atomic E-state index is 11.0. The molecule has 0 bridgehead atoms. The molecular formula is C17H11N3O2. The third kappa shape index (κ3) is 2.45. The maximum Gasteiger partial charge on any atom is 0.354 e. The van der Waals surface area contributed by atoms with Crippen LogP contribution in [0.15, 0.2) is 61.1 Å². The first-order chi connectivity index (χ1) is 10.7. The van der Waals surface area contributed by atoms with Gasteiger partial charge < -0.3 is 9.67 Å². The SMILES string of the molecule is N#Cc1cn(-c2ccnc(C(=O)O)c2)cc1-c1ccccc1. The molecule has 0 spiro atoms. The van der Waals surface area contributed by atoms with Crippen molar-refractivity contribution in [2.24, 2.45) is 0 Å². The highest BCUT2D eigenvalue weighted by Gasteiger charge is 2.11.